The van der Waals surface area contributed by atoms with E-state index in [0.717, 1.165) is 0 Å². The van der Waals surface area contributed by atoms with E-state index in [1.807, 2.05) is 20.8 Å². The second kappa shape index (κ2) is 5.89. The van der Waals surface area contributed by atoms with Crippen LogP contribution in [0, 0.1) is 17.0 Å². The minimum atomic E-state index is -0.730. The number of halogens is 2. The molecule has 0 fully saturated rings. The third-order valence-electron chi connectivity index (χ3n) is 2.29. The van der Waals surface area contributed by atoms with Crippen LogP contribution in [0.15, 0.2) is 12.1 Å². The molecule has 1 aromatic rings. The molecule has 0 aliphatic rings. The van der Waals surface area contributed by atoms with Crippen molar-refractivity contribution < 1.29 is 13.5 Å². The Balaban J connectivity index is 2.94. The molecule has 0 saturated carbocycles. The van der Waals surface area contributed by atoms with Crippen LogP contribution < -0.4 is 10.5 Å². The number of ether oxygens (including phenoxy) is 1. The van der Waals surface area contributed by atoms with Crippen LogP contribution in [0.4, 0.5) is 8.78 Å². The summed E-state index contributed by atoms with van der Waals surface area (Å²) in [5, 5.41) is 0. The van der Waals surface area contributed by atoms with Crippen LogP contribution in [0.1, 0.15) is 32.4 Å². The highest BCUT2D eigenvalue weighted by Crippen LogP contribution is 2.27. The molecule has 0 amide bonds. The lowest BCUT2D eigenvalue weighted by Crippen LogP contribution is -2.18. The van der Waals surface area contributed by atoms with Crippen molar-refractivity contribution in [2.24, 2.45) is 11.1 Å². The van der Waals surface area contributed by atoms with Gasteiger partial charge in [-0.2, -0.15) is 12.6 Å². The minimum Gasteiger partial charge on any atom is -0.487 e. The maximum absolute atomic E-state index is 13.7. The number of rotatable bonds is 4. The summed E-state index contributed by atoms with van der Waals surface area (Å²) in [7, 11) is 0. The predicted octanol–water partition coefficient (Wildman–Crippen LogP) is 3.32. The van der Waals surface area contributed by atoms with Crippen molar-refractivity contribution in [1.29, 1.82) is 0 Å². The van der Waals surface area contributed by atoms with Gasteiger partial charge in [0, 0.05) is 11.8 Å². The molecule has 2 nitrogen and oxygen atoms in total. The molecule has 1 rings (SSSR count). The van der Waals surface area contributed by atoms with Gasteiger partial charge in [0.1, 0.15) is 0 Å². The Morgan fingerprint density at radius 2 is 1.78 bits per heavy atom. The van der Waals surface area contributed by atoms with Crippen molar-refractivity contribution in [2.75, 3.05) is 12.4 Å². The maximum atomic E-state index is 13.7. The Hall–Kier alpha value is -0.810. The van der Waals surface area contributed by atoms with Gasteiger partial charge in [-0.1, -0.05) is 20.8 Å². The average Bonchev–Trinajstić information content (AvgIpc) is 2.25. The first-order valence-corrected chi connectivity index (χ1v) is 6.36. The van der Waals surface area contributed by atoms with E-state index in [4.69, 9.17) is 10.5 Å². The molecule has 1 atom stereocenters. The van der Waals surface area contributed by atoms with Crippen LogP contribution in [-0.2, 0) is 0 Å². The summed E-state index contributed by atoms with van der Waals surface area (Å²) in [5.74, 6) is -1.49. The molecule has 5 heteroatoms. The van der Waals surface area contributed by atoms with Gasteiger partial charge in [0.15, 0.2) is 17.4 Å². The molecule has 18 heavy (non-hydrogen) atoms. The van der Waals surface area contributed by atoms with Crippen molar-refractivity contribution in [3.8, 4) is 5.75 Å². The number of hydrogen-bond acceptors (Lipinski definition) is 3. The van der Waals surface area contributed by atoms with Crippen molar-refractivity contribution >= 4 is 12.6 Å². The summed E-state index contributed by atoms with van der Waals surface area (Å²) in [5.41, 5.74) is 5.89. The summed E-state index contributed by atoms with van der Waals surface area (Å²) in [6, 6.07) is 1.90. The third kappa shape index (κ3) is 4.14. The Bertz CT molecular complexity index is 395. The molecule has 0 aliphatic heterocycles. The van der Waals surface area contributed by atoms with Gasteiger partial charge in [0.25, 0.3) is 0 Å². The second-order valence-electron chi connectivity index (χ2n) is 5.45. The van der Waals surface area contributed by atoms with E-state index in [9.17, 15) is 8.78 Å². The molecule has 102 valence electrons. The van der Waals surface area contributed by atoms with Crippen LogP contribution in [0.5, 0.6) is 5.75 Å². The fraction of sp³-hybridized carbons (Fsp3) is 0.538. The molecule has 2 N–H and O–H groups in total. The van der Waals surface area contributed by atoms with Crippen LogP contribution >= 0.6 is 12.6 Å². The highest BCUT2D eigenvalue weighted by molar-refractivity contribution is 7.80. The van der Waals surface area contributed by atoms with Gasteiger partial charge in [-0.15, -0.1) is 0 Å². The molecule has 0 heterocycles. The van der Waals surface area contributed by atoms with E-state index in [-0.39, 0.29) is 17.8 Å². The fourth-order valence-corrected chi connectivity index (χ4v) is 1.54. The lowest BCUT2D eigenvalue weighted by molar-refractivity contribution is 0.183. The van der Waals surface area contributed by atoms with E-state index >= 15 is 0 Å². The summed E-state index contributed by atoms with van der Waals surface area (Å²) in [6.45, 7) is 6.01. The van der Waals surface area contributed by atoms with Gasteiger partial charge in [-0.3, -0.25) is 0 Å². The molecule has 0 radical (unpaired) electrons. The lowest BCUT2D eigenvalue weighted by atomic mass is 9.98. The first kappa shape index (κ1) is 15.2. The number of nitrogens with two attached hydrogens (primary N) is 1. The third-order valence-corrected chi connectivity index (χ3v) is 2.69. The molecule has 1 unspecified atom stereocenters. The average molecular weight is 275 g/mol. The predicted molar refractivity (Wildman–Crippen MR) is 72.1 cm³/mol. The smallest absolute Gasteiger partial charge is 0.190 e. The van der Waals surface area contributed by atoms with Gasteiger partial charge in [0.05, 0.1) is 6.61 Å². The van der Waals surface area contributed by atoms with Gasteiger partial charge in [-0.05, 0) is 23.1 Å². The van der Waals surface area contributed by atoms with Crippen LogP contribution in [-0.4, -0.2) is 12.4 Å². The van der Waals surface area contributed by atoms with Crippen molar-refractivity contribution in [1.82, 2.24) is 0 Å². The Labute approximate surface area is 112 Å². The van der Waals surface area contributed by atoms with E-state index < -0.39 is 17.7 Å². The first-order valence-electron chi connectivity index (χ1n) is 5.73. The monoisotopic (exact) mass is 275 g/mol. The standard InChI is InChI=1S/C13H19F2NOS/c1-13(2,3)7-17-12-9(14)4-8(5-10(12)15)11(16)6-18/h4-5,11,18H,6-7,16H2,1-3H3. The van der Waals surface area contributed by atoms with Gasteiger partial charge in [-0.25, -0.2) is 8.78 Å². The van der Waals surface area contributed by atoms with Crippen LogP contribution in [0.2, 0.25) is 0 Å². The van der Waals surface area contributed by atoms with E-state index in [1.165, 1.54) is 12.1 Å². The van der Waals surface area contributed by atoms with Crippen LogP contribution in [0.3, 0.4) is 0 Å². The van der Waals surface area contributed by atoms with E-state index in [1.54, 1.807) is 0 Å². The molecule has 0 aliphatic carbocycles. The van der Waals surface area contributed by atoms with Crippen LogP contribution in [0.25, 0.3) is 0 Å². The highest BCUT2D eigenvalue weighted by Gasteiger charge is 2.18. The summed E-state index contributed by atoms with van der Waals surface area (Å²) >= 11 is 4.00. The Morgan fingerprint density at radius 3 is 2.17 bits per heavy atom. The Morgan fingerprint density at radius 1 is 1.28 bits per heavy atom. The zero-order valence-electron chi connectivity index (χ0n) is 10.8. The summed E-state index contributed by atoms with van der Waals surface area (Å²) in [6.07, 6.45) is 0. The summed E-state index contributed by atoms with van der Waals surface area (Å²) in [4.78, 5) is 0. The molecular weight excluding hydrogens is 256 g/mol. The van der Waals surface area contributed by atoms with Gasteiger partial charge >= 0.3 is 0 Å². The summed E-state index contributed by atoms with van der Waals surface area (Å²) < 4.78 is 32.7. The maximum Gasteiger partial charge on any atom is 0.190 e. The number of benzene rings is 1. The molecule has 0 saturated heterocycles. The second-order valence-corrected chi connectivity index (χ2v) is 5.82. The number of hydrogen-bond donors (Lipinski definition) is 2. The molecule has 0 bridgehead atoms. The topological polar surface area (TPSA) is 35.2 Å². The Kier molecular flexibility index (Phi) is 4.99. The SMILES string of the molecule is CC(C)(C)COc1c(F)cc(C(N)CS)cc1F. The zero-order valence-corrected chi connectivity index (χ0v) is 11.7. The van der Waals surface area contributed by atoms with Gasteiger partial charge in [0.2, 0.25) is 0 Å². The first-order chi connectivity index (χ1) is 8.24. The zero-order chi connectivity index (χ0) is 13.9. The minimum absolute atomic E-state index is 0.168. The fourth-order valence-electron chi connectivity index (χ4n) is 1.33. The molecule has 0 spiro atoms. The molecule has 0 aromatic heterocycles. The van der Waals surface area contributed by atoms with Crippen molar-refractivity contribution in [2.45, 2.75) is 26.8 Å². The largest absolute Gasteiger partial charge is 0.487 e. The quantitative estimate of drug-likeness (QED) is 0.827. The van der Waals surface area contributed by atoms with Crippen molar-refractivity contribution in [3.05, 3.63) is 29.3 Å². The normalized spacial score (nSPS) is 13.5. The van der Waals surface area contributed by atoms with Gasteiger partial charge < -0.3 is 10.5 Å². The highest BCUT2D eigenvalue weighted by atomic mass is 32.1. The van der Waals surface area contributed by atoms with Crippen molar-refractivity contribution in [3.63, 3.8) is 0 Å². The molecular formula is C13H19F2NOS. The van der Waals surface area contributed by atoms with E-state index in [2.05, 4.69) is 12.6 Å². The number of thiol groups is 1. The molecule has 1 aromatic carbocycles. The lowest BCUT2D eigenvalue weighted by Gasteiger charge is -2.20. The van der Waals surface area contributed by atoms with E-state index in [0.29, 0.717) is 11.3 Å².